The fourth-order valence-corrected chi connectivity index (χ4v) is 5.26. The lowest BCUT2D eigenvalue weighted by molar-refractivity contribution is 0.438. The van der Waals surface area contributed by atoms with Crippen LogP contribution in [0, 0.1) is 5.92 Å². The van der Waals surface area contributed by atoms with Gasteiger partial charge in [0.1, 0.15) is 0 Å². The molecule has 0 saturated heterocycles. The second kappa shape index (κ2) is 4.57. The van der Waals surface area contributed by atoms with Crippen LogP contribution in [-0.2, 0) is 16.3 Å². The molecule has 1 unspecified atom stereocenters. The quantitative estimate of drug-likeness (QED) is 0.844. The van der Waals surface area contributed by atoms with Crippen LogP contribution < -0.4 is 0 Å². The summed E-state index contributed by atoms with van der Waals surface area (Å²) in [7, 11) is -3.43. The van der Waals surface area contributed by atoms with E-state index >= 15 is 0 Å². The van der Waals surface area contributed by atoms with Crippen LogP contribution in [0.1, 0.15) is 24.0 Å². The van der Waals surface area contributed by atoms with Gasteiger partial charge in [-0.15, -0.1) is 0 Å². The molecule has 1 atom stereocenters. The standard InChI is InChI=1S/C18H16O2S/c19-21(20,15-7-2-1-3-8-15)18-16-9-5-4-6-13(16)12-14-10-11-17(14)18/h1-9,14H,10-12H2. The molecule has 4 rings (SSSR count). The molecule has 1 fully saturated rings. The summed E-state index contributed by atoms with van der Waals surface area (Å²) in [4.78, 5) is 0.974. The maximum atomic E-state index is 13.1. The molecular formula is C18H16O2S. The summed E-state index contributed by atoms with van der Waals surface area (Å²) in [5.74, 6) is 0.424. The van der Waals surface area contributed by atoms with Gasteiger partial charge in [-0.1, -0.05) is 42.5 Å². The molecule has 3 heteroatoms. The van der Waals surface area contributed by atoms with E-state index in [2.05, 4.69) is 6.07 Å². The summed E-state index contributed by atoms with van der Waals surface area (Å²) in [6, 6.07) is 16.7. The van der Waals surface area contributed by atoms with Crippen LogP contribution >= 0.6 is 0 Å². The van der Waals surface area contributed by atoms with Crippen LogP contribution in [0.4, 0.5) is 0 Å². The topological polar surface area (TPSA) is 34.1 Å². The van der Waals surface area contributed by atoms with E-state index in [9.17, 15) is 8.42 Å². The van der Waals surface area contributed by atoms with Crippen molar-refractivity contribution in [2.24, 2.45) is 5.92 Å². The Morgan fingerprint density at radius 3 is 2.33 bits per heavy atom. The van der Waals surface area contributed by atoms with E-state index < -0.39 is 9.84 Å². The average molecular weight is 296 g/mol. The maximum absolute atomic E-state index is 13.1. The van der Waals surface area contributed by atoms with Crippen molar-refractivity contribution < 1.29 is 8.42 Å². The molecule has 2 aliphatic carbocycles. The lowest BCUT2D eigenvalue weighted by Crippen LogP contribution is -2.27. The van der Waals surface area contributed by atoms with Gasteiger partial charge in [-0.3, -0.25) is 0 Å². The molecular weight excluding hydrogens is 280 g/mol. The molecule has 106 valence electrons. The molecule has 0 aromatic heterocycles. The van der Waals surface area contributed by atoms with Gasteiger partial charge in [0.05, 0.1) is 9.80 Å². The number of benzene rings is 2. The largest absolute Gasteiger partial charge is 0.218 e. The lowest BCUT2D eigenvalue weighted by atomic mass is 9.71. The van der Waals surface area contributed by atoms with Crippen molar-refractivity contribution in [1.82, 2.24) is 0 Å². The summed E-state index contributed by atoms with van der Waals surface area (Å²) < 4.78 is 26.2. The van der Waals surface area contributed by atoms with Gasteiger partial charge in [0.2, 0.25) is 9.84 Å². The Hall–Kier alpha value is -1.87. The summed E-state index contributed by atoms with van der Waals surface area (Å²) in [6.45, 7) is 0. The third kappa shape index (κ3) is 1.88. The second-order valence-electron chi connectivity index (χ2n) is 5.77. The number of hydrogen-bond donors (Lipinski definition) is 0. The third-order valence-electron chi connectivity index (χ3n) is 4.60. The molecule has 2 aromatic carbocycles. The second-order valence-corrected chi connectivity index (χ2v) is 7.65. The predicted octanol–water partition coefficient (Wildman–Crippen LogP) is 3.84. The highest BCUT2D eigenvalue weighted by Crippen LogP contribution is 2.49. The summed E-state index contributed by atoms with van der Waals surface area (Å²) >= 11 is 0. The predicted molar refractivity (Wildman–Crippen MR) is 83.4 cm³/mol. The van der Waals surface area contributed by atoms with Crippen LogP contribution in [0.3, 0.4) is 0 Å². The van der Waals surface area contributed by atoms with Crippen LogP contribution in [0.2, 0.25) is 0 Å². The van der Waals surface area contributed by atoms with Gasteiger partial charge in [-0.05, 0) is 54.0 Å². The van der Waals surface area contributed by atoms with E-state index in [1.54, 1.807) is 24.3 Å². The Labute approximate surface area is 125 Å². The minimum Gasteiger partial charge on any atom is -0.218 e. The average Bonchev–Trinajstić information content (AvgIpc) is 2.49. The minimum atomic E-state index is -3.43. The van der Waals surface area contributed by atoms with Gasteiger partial charge >= 0.3 is 0 Å². The smallest absolute Gasteiger partial charge is 0.207 e. The monoisotopic (exact) mass is 296 g/mol. The number of hydrogen-bond acceptors (Lipinski definition) is 2. The molecule has 21 heavy (non-hydrogen) atoms. The van der Waals surface area contributed by atoms with Gasteiger partial charge in [-0.2, -0.15) is 0 Å². The van der Waals surface area contributed by atoms with Crippen molar-refractivity contribution in [3.05, 3.63) is 71.3 Å². The third-order valence-corrected chi connectivity index (χ3v) is 6.51. The van der Waals surface area contributed by atoms with Crippen LogP contribution in [0.5, 0.6) is 0 Å². The van der Waals surface area contributed by atoms with Crippen molar-refractivity contribution in [2.75, 3.05) is 0 Å². The van der Waals surface area contributed by atoms with Gasteiger partial charge < -0.3 is 0 Å². The van der Waals surface area contributed by atoms with Crippen molar-refractivity contribution in [2.45, 2.75) is 24.2 Å². The molecule has 0 bridgehead atoms. The molecule has 0 N–H and O–H groups in total. The first kappa shape index (κ1) is 12.8. The molecule has 0 spiro atoms. The highest BCUT2D eigenvalue weighted by Gasteiger charge is 2.38. The number of allylic oxidation sites excluding steroid dienone is 1. The Kier molecular flexibility index (Phi) is 2.79. The highest BCUT2D eigenvalue weighted by atomic mass is 32.2. The lowest BCUT2D eigenvalue weighted by Gasteiger charge is -2.37. The van der Waals surface area contributed by atoms with Crippen LogP contribution in [-0.4, -0.2) is 8.42 Å². The van der Waals surface area contributed by atoms with Crippen LogP contribution in [0.15, 0.2) is 65.1 Å². The van der Waals surface area contributed by atoms with Gasteiger partial charge in [0.25, 0.3) is 0 Å². The van der Waals surface area contributed by atoms with Gasteiger partial charge in [-0.25, -0.2) is 8.42 Å². The summed E-state index contributed by atoms with van der Waals surface area (Å²) in [6.07, 6.45) is 3.01. The first-order valence-electron chi connectivity index (χ1n) is 7.29. The zero-order valence-corrected chi connectivity index (χ0v) is 12.4. The zero-order valence-electron chi connectivity index (χ0n) is 11.6. The Morgan fingerprint density at radius 2 is 1.62 bits per heavy atom. The maximum Gasteiger partial charge on any atom is 0.207 e. The zero-order chi connectivity index (χ0) is 14.4. The molecule has 0 heterocycles. The Balaban J connectivity index is 1.97. The highest BCUT2D eigenvalue weighted by molar-refractivity contribution is 8.00. The first-order chi connectivity index (χ1) is 10.2. The Morgan fingerprint density at radius 1 is 0.905 bits per heavy atom. The van der Waals surface area contributed by atoms with Crippen molar-refractivity contribution >= 4 is 14.7 Å². The number of sulfone groups is 1. The SMILES string of the molecule is O=S(=O)(C1=C2CCC2Cc2ccccc21)c1ccccc1. The number of rotatable bonds is 2. The fraction of sp³-hybridized carbons (Fsp3) is 0.222. The van der Waals surface area contributed by atoms with Gasteiger partial charge in [0.15, 0.2) is 0 Å². The molecule has 2 aromatic rings. The van der Waals surface area contributed by atoms with Gasteiger partial charge in [0, 0.05) is 0 Å². The van der Waals surface area contributed by atoms with E-state index in [1.807, 2.05) is 24.3 Å². The normalized spacial score (nSPS) is 20.5. The Bertz CT molecular complexity index is 833. The molecule has 1 saturated carbocycles. The van der Waals surface area contributed by atoms with E-state index in [1.165, 1.54) is 5.56 Å². The molecule has 0 amide bonds. The number of fused-ring (bicyclic) bond motifs is 2. The van der Waals surface area contributed by atoms with E-state index in [0.717, 1.165) is 30.4 Å². The summed E-state index contributed by atoms with van der Waals surface area (Å²) in [5.41, 5.74) is 3.21. The minimum absolute atomic E-state index is 0.398. The summed E-state index contributed by atoms with van der Waals surface area (Å²) in [5, 5.41) is 0. The van der Waals surface area contributed by atoms with Crippen LogP contribution in [0.25, 0.3) is 4.91 Å². The van der Waals surface area contributed by atoms with E-state index in [0.29, 0.717) is 15.7 Å². The van der Waals surface area contributed by atoms with Crippen molar-refractivity contribution in [3.8, 4) is 0 Å². The first-order valence-corrected chi connectivity index (χ1v) is 8.78. The fourth-order valence-electron chi connectivity index (χ4n) is 3.41. The molecule has 2 aliphatic rings. The van der Waals surface area contributed by atoms with E-state index in [4.69, 9.17) is 0 Å². The van der Waals surface area contributed by atoms with E-state index in [-0.39, 0.29) is 0 Å². The molecule has 2 nitrogen and oxygen atoms in total. The molecule has 0 radical (unpaired) electrons. The van der Waals surface area contributed by atoms with Crippen molar-refractivity contribution in [3.63, 3.8) is 0 Å². The molecule has 0 aliphatic heterocycles. The van der Waals surface area contributed by atoms with Crippen molar-refractivity contribution in [1.29, 1.82) is 0 Å².